The number of aromatic nitrogens is 1. The molecule has 106 valence electrons. The minimum Gasteiger partial charge on any atom is -0.493 e. The number of anilines is 1. The summed E-state index contributed by atoms with van der Waals surface area (Å²) >= 11 is 5.21. The number of ether oxygens (including phenoxy) is 1. The van der Waals surface area contributed by atoms with E-state index in [9.17, 15) is 0 Å². The van der Waals surface area contributed by atoms with E-state index in [1.807, 2.05) is 17.6 Å². The van der Waals surface area contributed by atoms with E-state index in [-0.39, 0.29) is 6.04 Å². The summed E-state index contributed by atoms with van der Waals surface area (Å²) in [7, 11) is 0. The lowest BCUT2D eigenvalue weighted by Crippen LogP contribution is -2.20. The Bertz CT molecular complexity index is 802. The van der Waals surface area contributed by atoms with Crippen LogP contribution in [0.15, 0.2) is 46.4 Å². The molecule has 3 nitrogen and oxygen atoms in total. The van der Waals surface area contributed by atoms with Gasteiger partial charge in [-0.25, -0.2) is 4.98 Å². The van der Waals surface area contributed by atoms with Gasteiger partial charge in [-0.2, -0.15) is 0 Å². The second-order valence-electron chi connectivity index (χ2n) is 5.05. The van der Waals surface area contributed by atoms with E-state index in [2.05, 4.69) is 50.5 Å². The molecule has 0 amide bonds. The maximum atomic E-state index is 5.74. The molecule has 0 saturated carbocycles. The van der Waals surface area contributed by atoms with Gasteiger partial charge in [0, 0.05) is 22.1 Å². The molecular weight excluding hydrogens is 348 g/mol. The SMILES string of the molecule is Brc1ccc2c(c1)C(Nc1ccc3ncsc3c1)CCO2. The van der Waals surface area contributed by atoms with Gasteiger partial charge in [-0.3, -0.25) is 0 Å². The van der Waals surface area contributed by atoms with E-state index in [0.717, 1.165) is 34.5 Å². The fraction of sp³-hybridized carbons (Fsp3) is 0.188. The summed E-state index contributed by atoms with van der Waals surface area (Å²) in [5, 5.41) is 3.62. The third kappa shape index (κ3) is 2.51. The predicted molar refractivity (Wildman–Crippen MR) is 90.2 cm³/mol. The van der Waals surface area contributed by atoms with Gasteiger partial charge in [0.05, 0.1) is 28.4 Å². The standard InChI is InChI=1S/C16H13BrN2OS/c17-10-1-4-15-12(7-10)13(5-6-20-15)19-11-2-3-14-16(8-11)21-9-18-14/h1-4,7-9,13,19H,5-6H2. The fourth-order valence-electron chi connectivity index (χ4n) is 2.66. The van der Waals surface area contributed by atoms with Crippen molar-refractivity contribution in [3.05, 3.63) is 51.9 Å². The molecule has 1 aliphatic heterocycles. The summed E-state index contributed by atoms with van der Waals surface area (Å²) in [5.41, 5.74) is 5.28. The average Bonchev–Trinajstić information content (AvgIpc) is 2.95. The van der Waals surface area contributed by atoms with Gasteiger partial charge >= 0.3 is 0 Å². The Hall–Kier alpha value is -1.59. The number of halogens is 1. The van der Waals surface area contributed by atoms with Gasteiger partial charge in [0.1, 0.15) is 5.75 Å². The molecule has 0 radical (unpaired) electrons. The van der Waals surface area contributed by atoms with Crippen LogP contribution in [0.3, 0.4) is 0 Å². The molecule has 1 N–H and O–H groups in total. The van der Waals surface area contributed by atoms with E-state index in [4.69, 9.17) is 4.74 Å². The maximum Gasteiger partial charge on any atom is 0.124 e. The Balaban J connectivity index is 1.67. The molecule has 0 saturated heterocycles. The van der Waals surface area contributed by atoms with Crippen LogP contribution < -0.4 is 10.1 Å². The van der Waals surface area contributed by atoms with Crippen molar-refractivity contribution in [2.45, 2.75) is 12.5 Å². The quantitative estimate of drug-likeness (QED) is 0.698. The maximum absolute atomic E-state index is 5.74. The van der Waals surface area contributed by atoms with Crippen LogP contribution in [0.1, 0.15) is 18.0 Å². The molecule has 1 atom stereocenters. The van der Waals surface area contributed by atoms with E-state index >= 15 is 0 Å². The van der Waals surface area contributed by atoms with Crippen molar-refractivity contribution < 1.29 is 4.74 Å². The Morgan fingerprint density at radius 3 is 3.14 bits per heavy atom. The summed E-state index contributed by atoms with van der Waals surface area (Å²) in [6.07, 6.45) is 0.962. The zero-order valence-electron chi connectivity index (χ0n) is 11.2. The first kappa shape index (κ1) is 13.1. The fourth-order valence-corrected chi connectivity index (χ4v) is 3.76. The number of hydrogen-bond acceptors (Lipinski definition) is 4. The van der Waals surface area contributed by atoms with Crippen LogP contribution in [0.4, 0.5) is 5.69 Å². The normalized spacial score (nSPS) is 17.3. The summed E-state index contributed by atoms with van der Waals surface area (Å²) in [6.45, 7) is 0.745. The van der Waals surface area contributed by atoms with E-state index in [1.165, 1.54) is 10.3 Å². The third-order valence-electron chi connectivity index (χ3n) is 3.68. The lowest BCUT2D eigenvalue weighted by Gasteiger charge is -2.27. The van der Waals surface area contributed by atoms with Crippen LogP contribution in [-0.4, -0.2) is 11.6 Å². The van der Waals surface area contributed by atoms with Gasteiger partial charge in [-0.05, 0) is 36.4 Å². The minimum atomic E-state index is 0.275. The Labute approximate surface area is 135 Å². The highest BCUT2D eigenvalue weighted by molar-refractivity contribution is 9.10. The zero-order chi connectivity index (χ0) is 14.2. The molecule has 3 aromatic rings. The number of fused-ring (bicyclic) bond motifs is 2. The number of nitrogens with one attached hydrogen (secondary N) is 1. The highest BCUT2D eigenvalue weighted by atomic mass is 79.9. The van der Waals surface area contributed by atoms with E-state index in [0.29, 0.717) is 0 Å². The first-order valence-corrected chi connectivity index (χ1v) is 8.49. The molecule has 5 heteroatoms. The first-order valence-electron chi connectivity index (χ1n) is 6.82. The van der Waals surface area contributed by atoms with Gasteiger partial charge in [-0.1, -0.05) is 15.9 Å². The van der Waals surface area contributed by atoms with Gasteiger partial charge in [-0.15, -0.1) is 11.3 Å². The lowest BCUT2D eigenvalue weighted by atomic mass is 10.0. The smallest absolute Gasteiger partial charge is 0.124 e. The van der Waals surface area contributed by atoms with Gasteiger partial charge in [0.15, 0.2) is 0 Å². The number of nitrogens with zero attached hydrogens (tertiary/aromatic N) is 1. The van der Waals surface area contributed by atoms with Crippen molar-refractivity contribution >= 4 is 43.2 Å². The molecule has 2 aromatic carbocycles. The largest absolute Gasteiger partial charge is 0.493 e. The first-order chi connectivity index (χ1) is 10.3. The molecule has 0 spiro atoms. The van der Waals surface area contributed by atoms with Crippen molar-refractivity contribution in [1.29, 1.82) is 0 Å². The number of rotatable bonds is 2. The second kappa shape index (κ2) is 5.31. The second-order valence-corrected chi connectivity index (χ2v) is 6.85. The molecule has 21 heavy (non-hydrogen) atoms. The van der Waals surface area contributed by atoms with Gasteiger partial charge in [0.25, 0.3) is 0 Å². The monoisotopic (exact) mass is 360 g/mol. The lowest BCUT2D eigenvalue weighted by molar-refractivity contribution is 0.274. The van der Waals surface area contributed by atoms with Crippen LogP contribution in [0.5, 0.6) is 5.75 Å². The van der Waals surface area contributed by atoms with Crippen molar-refractivity contribution in [3.8, 4) is 5.75 Å². The average molecular weight is 361 g/mol. The molecule has 2 heterocycles. The minimum absolute atomic E-state index is 0.275. The Morgan fingerprint density at radius 2 is 2.19 bits per heavy atom. The van der Waals surface area contributed by atoms with Crippen LogP contribution >= 0.6 is 27.3 Å². The van der Waals surface area contributed by atoms with Crippen LogP contribution in [-0.2, 0) is 0 Å². The Morgan fingerprint density at radius 1 is 1.24 bits per heavy atom. The molecule has 0 aliphatic carbocycles. The van der Waals surface area contributed by atoms with Crippen LogP contribution in [0.2, 0.25) is 0 Å². The summed E-state index contributed by atoms with van der Waals surface area (Å²) < 4.78 is 8.03. The molecule has 0 fully saturated rings. The summed E-state index contributed by atoms with van der Waals surface area (Å²) in [6, 6.07) is 12.8. The van der Waals surface area contributed by atoms with Crippen molar-refractivity contribution in [2.75, 3.05) is 11.9 Å². The number of hydrogen-bond donors (Lipinski definition) is 1. The predicted octanol–water partition coefficient (Wildman–Crippen LogP) is 4.99. The van der Waals surface area contributed by atoms with Crippen LogP contribution in [0, 0.1) is 0 Å². The van der Waals surface area contributed by atoms with Crippen LogP contribution in [0.25, 0.3) is 10.2 Å². The molecular formula is C16H13BrN2OS. The van der Waals surface area contributed by atoms with Gasteiger partial charge in [0.2, 0.25) is 0 Å². The topological polar surface area (TPSA) is 34.2 Å². The van der Waals surface area contributed by atoms with E-state index < -0.39 is 0 Å². The third-order valence-corrected chi connectivity index (χ3v) is 4.97. The van der Waals surface area contributed by atoms with Crippen molar-refractivity contribution in [1.82, 2.24) is 4.98 Å². The molecule has 1 unspecified atom stereocenters. The number of thiazole rings is 1. The number of benzene rings is 2. The van der Waals surface area contributed by atoms with Crippen molar-refractivity contribution in [2.24, 2.45) is 0 Å². The summed E-state index contributed by atoms with van der Waals surface area (Å²) in [5.74, 6) is 0.973. The summed E-state index contributed by atoms with van der Waals surface area (Å²) in [4.78, 5) is 4.32. The molecule has 0 bridgehead atoms. The van der Waals surface area contributed by atoms with Crippen molar-refractivity contribution in [3.63, 3.8) is 0 Å². The highest BCUT2D eigenvalue weighted by Gasteiger charge is 2.21. The zero-order valence-corrected chi connectivity index (χ0v) is 13.6. The Kier molecular flexibility index (Phi) is 3.31. The molecule has 1 aromatic heterocycles. The molecule has 1 aliphatic rings. The van der Waals surface area contributed by atoms with E-state index in [1.54, 1.807) is 11.3 Å². The molecule has 4 rings (SSSR count). The highest BCUT2D eigenvalue weighted by Crippen LogP contribution is 2.36. The van der Waals surface area contributed by atoms with Gasteiger partial charge < -0.3 is 10.1 Å².